The summed E-state index contributed by atoms with van der Waals surface area (Å²) in [6, 6.07) is 6.91. The van der Waals surface area contributed by atoms with E-state index in [4.69, 9.17) is 5.73 Å². The van der Waals surface area contributed by atoms with Gasteiger partial charge in [-0.2, -0.15) is 0 Å². The molecule has 0 spiro atoms. The predicted molar refractivity (Wildman–Crippen MR) is 76.4 cm³/mol. The molecule has 0 radical (unpaired) electrons. The SMILES string of the molecule is CN(CCCC(C)(C)CCN)c1ccccc1F. The van der Waals surface area contributed by atoms with Crippen molar-refractivity contribution in [2.75, 3.05) is 25.0 Å². The molecular formula is C15H25FN2. The average Bonchev–Trinajstić information content (AvgIpc) is 2.29. The first kappa shape index (κ1) is 15.0. The minimum atomic E-state index is -0.152. The van der Waals surface area contributed by atoms with E-state index in [1.807, 2.05) is 24.1 Å². The van der Waals surface area contributed by atoms with Crippen molar-refractivity contribution >= 4 is 5.69 Å². The number of hydrogen-bond donors (Lipinski definition) is 1. The van der Waals surface area contributed by atoms with Crippen LogP contribution in [0.4, 0.5) is 10.1 Å². The van der Waals surface area contributed by atoms with E-state index in [-0.39, 0.29) is 11.2 Å². The summed E-state index contributed by atoms with van der Waals surface area (Å²) in [5.41, 5.74) is 6.55. The number of para-hydroxylation sites is 1. The van der Waals surface area contributed by atoms with Gasteiger partial charge in [0.25, 0.3) is 0 Å². The molecule has 0 saturated carbocycles. The lowest BCUT2D eigenvalue weighted by Crippen LogP contribution is -2.23. The number of nitrogens with zero attached hydrogens (tertiary/aromatic N) is 1. The average molecular weight is 252 g/mol. The normalized spacial score (nSPS) is 11.6. The zero-order valence-electron chi connectivity index (χ0n) is 11.7. The predicted octanol–water partition coefficient (Wildman–Crippen LogP) is 3.42. The van der Waals surface area contributed by atoms with Gasteiger partial charge in [-0.1, -0.05) is 26.0 Å². The van der Waals surface area contributed by atoms with Crippen LogP contribution in [0.1, 0.15) is 33.1 Å². The Bertz CT molecular complexity index is 363. The molecular weight excluding hydrogens is 227 g/mol. The van der Waals surface area contributed by atoms with E-state index in [9.17, 15) is 4.39 Å². The van der Waals surface area contributed by atoms with Crippen LogP contribution in [0.25, 0.3) is 0 Å². The van der Waals surface area contributed by atoms with Crippen LogP contribution in [0, 0.1) is 11.2 Å². The number of benzene rings is 1. The molecule has 0 fully saturated rings. The monoisotopic (exact) mass is 252 g/mol. The Morgan fingerprint density at radius 2 is 1.89 bits per heavy atom. The van der Waals surface area contributed by atoms with Crippen LogP contribution < -0.4 is 10.6 Å². The summed E-state index contributed by atoms with van der Waals surface area (Å²) < 4.78 is 13.6. The van der Waals surface area contributed by atoms with Crippen LogP contribution in [0.3, 0.4) is 0 Å². The second-order valence-corrected chi connectivity index (χ2v) is 5.68. The maximum absolute atomic E-state index is 13.6. The smallest absolute Gasteiger partial charge is 0.146 e. The molecule has 3 heteroatoms. The zero-order valence-corrected chi connectivity index (χ0v) is 11.7. The number of anilines is 1. The van der Waals surface area contributed by atoms with Gasteiger partial charge in [0.05, 0.1) is 5.69 Å². The molecule has 0 saturated heterocycles. The van der Waals surface area contributed by atoms with Gasteiger partial charge in [0, 0.05) is 13.6 Å². The standard InChI is InChI=1S/C15H25FN2/c1-15(2,10-11-17)9-6-12-18(3)14-8-5-4-7-13(14)16/h4-5,7-8H,6,9-12,17H2,1-3H3. The minimum absolute atomic E-state index is 0.152. The third-order valence-corrected chi connectivity index (χ3v) is 3.43. The van der Waals surface area contributed by atoms with E-state index < -0.39 is 0 Å². The van der Waals surface area contributed by atoms with Crippen molar-refractivity contribution in [3.8, 4) is 0 Å². The molecule has 18 heavy (non-hydrogen) atoms. The molecule has 2 N–H and O–H groups in total. The number of hydrogen-bond acceptors (Lipinski definition) is 2. The van der Waals surface area contributed by atoms with Crippen LogP contribution in [0.2, 0.25) is 0 Å². The van der Waals surface area contributed by atoms with Crippen molar-refractivity contribution in [2.45, 2.75) is 33.1 Å². The Morgan fingerprint density at radius 1 is 1.22 bits per heavy atom. The zero-order chi connectivity index (χ0) is 13.6. The Hall–Kier alpha value is -1.09. The Kier molecular flexibility index (Phi) is 5.60. The minimum Gasteiger partial charge on any atom is -0.372 e. The highest BCUT2D eigenvalue weighted by Gasteiger charge is 2.16. The third-order valence-electron chi connectivity index (χ3n) is 3.43. The molecule has 1 aromatic rings. The molecule has 0 unspecified atom stereocenters. The Morgan fingerprint density at radius 3 is 2.50 bits per heavy atom. The highest BCUT2D eigenvalue weighted by Crippen LogP contribution is 2.26. The van der Waals surface area contributed by atoms with Crippen LogP contribution >= 0.6 is 0 Å². The van der Waals surface area contributed by atoms with Gasteiger partial charge < -0.3 is 10.6 Å². The number of rotatable bonds is 7. The second kappa shape index (κ2) is 6.74. The summed E-state index contributed by atoms with van der Waals surface area (Å²) in [7, 11) is 1.94. The molecule has 0 heterocycles. The molecule has 0 aromatic heterocycles. The van der Waals surface area contributed by atoms with Crippen molar-refractivity contribution in [1.82, 2.24) is 0 Å². The van der Waals surface area contributed by atoms with Gasteiger partial charge in [0.15, 0.2) is 0 Å². The van der Waals surface area contributed by atoms with E-state index in [2.05, 4.69) is 13.8 Å². The Labute approximate surface area is 110 Å². The van der Waals surface area contributed by atoms with Crippen molar-refractivity contribution in [3.05, 3.63) is 30.1 Å². The highest BCUT2D eigenvalue weighted by atomic mass is 19.1. The molecule has 1 aromatic carbocycles. The van der Waals surface area contributed by atoms with Crippen LogP contribution in [-0.2, 0) is 0 Å². The number of nitrogens with two attached hydrogens (primary N) is 1. The maximum atomic E-state index is 13.6. The molecule has 0 bridgehead atoms. The van der Waals surface area contributed by atoms with E-state index in [1.54, 1.807) is 6.07 Å². The van der Waals surface area contributed by atoms with E-state index in [0.29, 0.717) is 5.69 Å². The second-order valence-electron chi connectivity index (χ2n) is 5.68. The Balaban J connectivity index is 2.43. The summed E-state index contributed by atoms with van der Waals surface area (Å²) in [6.07, 6.45) is 3.21. The van der Waals surface area contributed by atoms with Crippen molar-refractivity contribution in [1.29, 1.82) is 0 Å². The van der Waals surface area contributed by atoms with Crippen LogP contribution in [-0.4, -0.2) is 20.1 Å². The topological polar surface area (TPSA) is 29.3 Å². The van der Waals surface area contributed by atoms with Crippen molar-refractivity contribution in [2.24, 2.45) is 11.1 Å². The molecule has 0 aliphatic carbocycles. The van der Waals surface area contributed by atoms with Crippen LogP contribution in [0.5, 0.6) is 0 Å². The fraction of sp³-hybridized carbons (Fsp3) is 0.600. The molecule has 0 amide bonds. The molecule has 102 valence electrons. The van der Waals surface area contributed by atoms with Gasteiger partial charge in [-0.3, -0.25) is 0 Å². The maximum Gasteiger partial charge on any atom is 0.146 e. The first-order valence-electron chi connectivity index (χ1n) is 6.62. The first-order chi connectivity index (χ1) is 8.46. The van der Waals surface area contributed by atoms with Crippen molar-refractivity contribution < 1.29 is 4.39 Å². The van der Waals surface area contributed by atoms with Gasteiger partial charge in [-0.25, -0.2) is 4.39 Å². The van der Waals surface area contributed by atoms with Gasteiger partial charge >= 0.3 is 0 Å². The fourth-order valence-electron chi connectivity index (χ4n) is 2.19. The van der Waals surface area contributed by atoms with Crippen molar-refractivity contribution in [3.63, 3.8) is 0 Å². The lowest BCUT2D eigenvalue weighted by Gasteiger charge is -2.26. The van der Waals surface area contributed by atoms with E-state index >= 15 is 0 Å². The first-order valence-corrected chi connectivity index (χ1v) is 6.62. The fourth-order valence-corrected chi connectivity index (χ4v) is 2.19. The lowest BCUT2D eigenvalue weighted by molar-refractivity contribution is 0.306. The van der Waals surface area contributed by atoms with Gasteiger partial charge in [-0.15, -0.1) is 0 Å². The third kappa shape index (κ3) is 4.65. The molecule has 0 aliphatic heterocycles. The van der Waals surface area contributed by atoms with Gasteiger partial charge in [-0.05, 0) is 43.4 Å². The summed E-state index contributed by atoms with van der Waals surface area (Å²) >= 11 is 0. The quantitative estimate of drug-likeness (QED) is 0.805. The highest BCUT2D eigenvalue weighted by molar-refractivity contribution is 5.46. The summed E-state index contributed by atoms with van der Waals surface area (Å²) in [6.45, 7) is 6.08. The largest absolute Gasteiger partial charge is 0.372 e. The van der Waals surface area contributed by atoms with E-state index in [1.165, 1.54) is 6.07 Å². The van der Waals surface area contributed by atoms with Gasteiger partial charge in [0.2, 0.25) is 0 Å². The number of halogens is 1. The summed E-state index contributed by atoms with van der Waals surface area (Å²) in [4.78, 5) is 1.98. The van der Waals surface area contributed by atoms with Gasteiger partial charge in [0.1, 0.15) is 5.82 Å². The van der Waals surface area contributed by atoms with Crippen LogP contribution in [0.15, 0.2) is 24.3 Å². The lowest BCUT2D eigenvalue weighted by atomic mass is 9.84. The molecule has 1 rings (SSSR count). The molecule has 0 atom stereocenters. The van der Waals surface area contributed by atoms with E-state index in [0.717, 1.165) is 32.4 Å². The summed E-state index contributed by atoms with van der Waals surface area (Å²) in [5, 5.41) is 0. The molecule has 2 nitrogen and oxygen atoms in total. The molecule has 0 aliphatic rings. The summed E-state index contributed by atoms with van der Waals surface area (Å²) in [5.74, 6) is -0.152.